The largest absolute Gasteiger partial charge is 0.352 e. The third kappa shape index (κ3) is 2.13. The van der Waals surface area contributed by atoms with E-state index in [0.29, 0.717) is 24.4 Å². The van der Waals surface area contributed by atoms with Gasteiger partial charge in [-0.3, -0.25) is 9.59 Å². The summed E-state index contributed by atoms with van der Waals surface area (Å²) in [6.45, 7) is 9.68. The molecule has 0 unspecified atom stereocenters. The monoisotopic (exact) mass is 286 g/mol. The van der Waals surface area contributed by atoms with Gasteiger partial charge in [0, 0.05) is 17.8 Å². The molecule has 112 valence electrons. The molecule has 1 aliphatic heterocycles. The van der Waals surface area contributed by atoms with Gasteiger partial charge in [0.15, 0.2) is 0 Å². The summed E-state index contributed by atoms with van der Waals surface area (Å²) in [6.07, 6.45) is 0.404. The van der Waals surface area contributed by atoms with Crippen LogP contribution in [0.15, 0.2) is 18.2 Å². The maximum Gasteiger partial charge on any atom is 0.251 e. The van der Waals surface area contributed by atoms with Gasteiger partial charge in [0.05, 0.1) is 6.42 Å². The third-order valence-electron chi connectivity index (χ3n) is 5.78. The minimum atomic E-state index is -0.0718. The average molecular weight is 286 g/mol. The highest BCUT2D eigenvalue weighted by atomic mass is 16.2. The number of amides is 2. The van der Waals surface area contributed by atoms with Gasteiger partial charge in [0.2, 0.25) is 5.91 Å². The molecule has 0 radical (unpaired) electrons. The molecule has 3 rings (SSSR count). The van der Waals surface area contributed by atoms with Crippen molar-refractivity contribution in [1.82, 2.24) is 5.32 Å². The molecule has 0 spiro atoms. The molecule has 1 heterocycles. The maximum absolute atomic E-state index is 12.3. The van der Waals surface area contributed by atoms with E-state index in [2.05, 4.69) is 38.3 Å². The van der Waals surface area contributed by atoms with E-state index in [1.165, 1.54) is 0 Å². The Morgan fingerprint density at radius 2 is 1.95 bits per heavy atom. The van der Waals surface area contributed by atoms with Crippen molar-refractivity contribution in [2.75, 3.05) is 11.9 Å². The van der Waals surface area contributed by atoms with Crippen LogP contribution in [0.3, 0.4) is 0 Å². The van der Waals surface area contributed by atoms with Gasteiger partial charge in [-0.05, 0) is 34.4 Å². The summed E-state index contributed by atoms with van der Waals surface area (Å²) >= 11 is 0. The molecular formula is C17H22N2O2. The lowest BCUT2D eigenvalue weighted by molar-refractivity contribution is -0.115. The average Bonchev–Trinajstić information content (AvgIpc) is 2.70. The van der Waals surface area contributed by atoms with Gasteiger partial charge in [-0.25, -0.2) is 0 Å². The van der Waals surface area contributed by atoms with Crippen LogP contribution in [0.5, 0.6) is 0 Å². The van der Waals surface area contributed by atoms with Crippen LogP contribution < -0.4 is 10.6 Å². The molecular weight excluding hydrogens is 264 g/mol. The van der Waals surface area contributed by atoms with E-state index < -0.39 is 0 Å². The lowest BCUT2D eigenvalue weighted by Crippen LogP contribution is -2.27. The second-order valence-corrected chi connectivity index (χ2v) is 7.30. The lowest BCUT2D eigenvalue weighted by Gasteiger charge is -2.08. The van der Waals surface area contributed by atoms with Crippen LogP contribution in [0.25, 0.3) is 0 Å². The van der Waals surface area contributed by atoms with Crippen molar-refractivity contribution in [2.45, 2.75) is 34.1 Å². The van der Waals surface area contributed by atoms with Crippen LogP contribution >= 0.6 is 0 Å². The molecule has 0 saturated heterocycles. The normalized spacial score (nSPS) is 21.6. The fourth-order valence-corrected chi connectivity index (χ4v) is 3.50. The minimum absolute atomic E-state index is 0.0102. The highest BCUT2D eigenvalue weighted by molar-refractivity contribution is 6.02. The van der Waals surface area contributed by atoms with Crippen molar-refractivity contribution in [3.05, 3.63) is 29.3 Å². The Morgan fingerprint density at radius 1 is 1.29 bits per heavy atom. The standard InChI is InChI=1S/C17H22N2O2/c1-16(2)13(17(16,3)4)9-18-15(21)11-6-5-10-8-14(20)19-12(10)7-11/h5-7,13H,8-9H2,1-4H3,(H,18,21)(H,19,20). The zero-order chi connectivity index (χ0) is 15.4. The number of carbonyl (C=O) groups is 2. The molecule has 1 saturated carbocycles. The summed E-state index contributed by atoms with van der Waals surface area (Å²) in [5, 5.41) is 5.80. The highest BCUT2D eigenvalue weighted by Gasteiger charge is 2.64. The van der Waals surface area contributed by atoms with Crippen molar-refractivity contribution >= 4 is 17.5 Å². The molecule has 2 N–H and O–H groups in total. The van der Waals surface area contributed by atoms with E-state index in [0.717, 1.165) is 11.3 Å². The Labute approximate surface area is 125 Å². The molecule has 21 heavy (non-hydrogen) atoms. The van der Waals surface area contributed by atoms with Crippen LogP contribution in [0.1, 0.15) is 43.6 Å². The van der Waals surface area contributed by atoms with Crippen LogP contribution in [-0.2, 0) is 11.2 Å². The van der Waals surface area contributed by atoms with Gasteiger partial charge in [0.1, 0.15) is 0 Å². The van der Waals surface area contributed by atoms with Gasteiger partial charge in [-0.2, -0.15) is 0 Å². The summed E-state index contributed by atoms with van der Waals surface area (Å²) in [7, 11) is 0. The summed E-state index contributed by atoms with van der Waals surface area (Å²) in [5.74, 6) is 0.421. The quantitative estimate of drug-likeness (QED) is 0.897. The van der Waals surface area contributed by atoms with Gasteiger partial charge in [-0.1, -0.05) is 33.8 Å². The number of hydrogen-bond donors (Lipinski definition) is 2. The second kappa shape index (κ2) is 4.33. The molecule has 0 bridgehead atoms. The Balaban J connectivity index is 1.65. The van der Waals surface area contributed by atoms with E-state index >= 15 is 0 Å². The molecule has 1 aromatic rings. The highest BCUT2D eigenvalue weighted by Crippen LogP contribution is 2.67. The van der Waals surface area contributed by atoms with Crippen molar-refractivity contribution in [1.29, 1.82) is 0 Å². The predicted octanol–water partition coefficient (Wildman–Crippen LogP) is 2.59. The molecule has 0 atom stereocenters. The molecule has 4 nitrogen and oxygen atoms in total. The van der Waals surface area contributed by atoms with E-state index in [1.807, 2.05) is 6.07 Å². The van der Waals surface area contributed by atoms with E-state index in [-0.39, 0.29) is 22.6 Å². The number of nitrogens with one attached hydrogen (secondary N) is 2. The molecule has 0 aromatic heterocycles. The summed E-state index contributed by atoms with van der Waals surface area (Å²) in [6, 6.07) is 5.41. The zero-order valence-corrected chi connectivity index (χ0v) is 13.0. The second-order valence-electron chi connectivity index (χ2n) is 7.30. The summed E-state index contributed by atoms with van der Waals surface area (Å²) in [5.41, 5.74) is 2.87. The predicted molar refractivity (Wildman–Crippen MR) is 82.2 cm³/mol. The van der Waals surface area contributed by atoms with Gasteiger partial charge >= 0.3 is 0 Å². The van der Waals surface area contributed by atoms with E-state index in [4.69, 9.17) is 0 Å². The van der Waals surface area contributed by atoms with Gasteiger partial charge in [-0.15, -0.1) is 0 Å². The van der Waals surface area contributed by atoms with Crippen molar-refractivity contribution in [3.8, 4) is 0 Å². The SMILES string of the molecule is CC1(C)C(CNC(=O)c2ccc3c(c2)NC(=O)C3)C1(C)C. The first-order valence-electron chi connectivity index (χ1n) is 7.44. The maximum atomic E-state index is 12.3. The number of rotatable bonds is 3. The number of hydrogen-bond acceptors (Lipinski definition) is 2. The molecule has 2 aliphatic rings. The van der Waals surface area contributed by atoms with Crippen LogP contribution in [0.4, 0.5) is 5.69 Å². The Kier molecular flexibility index (Phi) is 2.91. The summed E-state index contributed by atoms with van der Waals surface area (Å²) < 4.78 is 0. The van der Waals surface area contributed by atoms with Gasteiger partial charge < -0.3 is 10.6 Å². The molecule has 1 aliphatic carbocycles. The van der Waals surface area contributed by atoms with Crippen LogP contribution in [0, 0.1) is 16.7 Å². The Bertz CT molecular complexity index is 618. The number of carbonyl (C=O) groups excluding carboxylic acids is 2. The zero-order valence-electron chi connectivity index (χ0n) is 13.0. The fraction of sp³-hybridized carbons (Fsp3) is 0.529. The van der Waals surface area contributed by atoms with Crippen molar-refractivity contribution in [3.63, 3.8) is 0 Å². The summed E-state index contributed by atoms with van der Waals surface area (Å²) in [4.78, 5) is 23.6. The van der Waals surface area contributed by atoms with Crippen LogP contribution in [0.2, 0.25) is 0 Å². The van der Waals surface area contributed by atoms with Crippen molar-refractivity contribution in [2.24, 2.45) is 16.7 Å². The first kappa shape index (κ1) is 14.1. The van der Waals surface area contributed by atoms with Crippen LogP contribution in [-0.4, -0.2) is 18.4 Å². The number of benzene rings is 1. The lowest BCUT2D eigenvalue weighted by atomic mass is 10.0. The number of anilines is 1. The molecule has 2 amide bonds. The van der Waals surface area contributed by atoms with Crippen molar-refractivity contribution < 1.29 is 9.59 Å². The number of fused-ring (bicyclic) bond motifs is 1. The molecule has 1 aromatic carbocycles. The van der Waals surface area contributed by atoms with E-state index in [1.54, 1.807) is 12.1 Å². The fourth-order valence-electron chi connectivity index (χ4n) is 3.50. The minimum Gasteiger partial charge on any atom is -0.352 e. The molecule has 1 fully saturated rings. The topological polar surface area (TPSA) is 58.2 Å². The smallest absolute Gasteiger partial charge is 0.251 e. The molecule has 4 heteroatoms. The Hall–Kier alpha value is -1.84. The third-order valence-corrected chi connectivity index (χ3v) is 5.78. The first-order chi connectivity index (χ1) is 9.73. The van der Waals surface area contributed by atoms with Gasteiger partial charge in [0.25, 0.3) is 5.91 Å². The Morgan fingerprint density at radius 3 is 2.57 bits per heavy atom. The van der Waals surface area contributed by atoms with E-state index in [9.17, 15) is 9.59 Å². The first-order valence-corrected chi connectivity index (χ1v) is 7.44.